The molecule has 16 heavy (non-hydrogen) atoms. The second-order valence-electron chi connectivity index (χ2n) is 3.76. The van der Waals surface area contributed by atoms with Crippen molar-refractivity contribution in [3.63, 3.8) is 0 Å². The molecule has 0 bridgehead atoms. The molecule has 0 spiro atoms. The highest BCUT2D eigenvalue weighted by Gasteiger charge is 2.25. The zero-order chi connectivity index (χ0) is 11.4. The van der Waals surface area contributed by atoms with Crippen LogP contribution in [0.25, 0.3) is 0 Å². The molecule has 1 aromatic rings. The molecule has 2 rings (SSSR count). The van der Waals surface area contributed by atoms with Crippen LogP contribution in [0.4, 0.5) is 0 Å². The molecular weight excluding hydrogens is 208 g/mol. The Morgan fingerprint density at radius 1 is 1.38 bits per heavy atom. The minimum absolute atomic E-state index is 0.0130. The molecule has 0 amide bonds. The first-order valence-electron chi connectivity index (χ1n) is 5.32. The third-order valence-electron chi connectivity index (χ3n) is 2.58. The van der Waals surface area contributed by atoms with Gasteiger partial charge < -0.3 is 19.3 Å². The van der Waals surface area contributed by atoms with Gasteiger partial charge in [-0.3, -0.25) is 0 Å². The molecule has 1 aliphatic rings. The maximum atomic E-state index is 8.90. The van der Waals surface area contributed by atoms with Crippen molar-refractivity contribution in [3.8, 4) is 5.75 Å². The van der Waals surface area contributed by atoms with Gasteiger partial charge in [-0.25, -0.2) is 0 Å². The second kappa shape index (κ2) is 5.30. The van der Waals surface area contributed by atoms with Crippen molar-refractivity contribution in [2.45, 2.75) is 18.8 Å². The fourth-order valence-electron chi connectivity index (χ4n) is 1.66. The molecule has 1 aliphatic heterocycles. The maximum absolute atomic E-state index is 8.90. The van der Waals surface area contributed by atoms with Gasteiger partial charge in [-0.2, -0.15) is 0 Å². The van der Waals surface area contributed by atoms with E-state index in [-0.39, 0.29) is 19.0 Å². The molecule has 1 heterocycles. The van der Waals surface area contributed by atoms with Crippen LogP contribution < -0.4 is 4.74 Å². The molecule has 88 valence electrons. The number of aliphatic hydroxyl groups is 1. The Hall–Kier alpha value is -1.10. The monoisotopic (exact) mass is 224 g/mol. The van der Waals surface area contributed by atoms with Gasteiger partial charge >= 0.3 is 0 Å². The number of hydrogen-bond acceptors (Lipinski definition) is 4. The fraction of sp³-hybridized carbons (Fsp3) is 0.500. The van der Waals surface area contributed by atoms with Crippen molar-refractivity contribution in [1.29, 1.82) is 0 Å². The van der Waals surface area contributed by atoms with E-state index in [1.807, 2.05) is 24.3 Å². The lowest BCUT2D eigenvalue weighted by Gasteiger charge is -2.10. The minimum atomic E-state index is -0.245. The Bertz CT molecular complexity index is 322. The van der Waals surface area contributed by atoms with E-state index in [0.29, 0.717) is 13.0 Å². The van der Waals surface area contributed by atoms with Gasteiger partial charge in [0.2, 0.25) is 0 Å². The third-order valence-corrected chi connectivity index (χ3v) is 2.58. The lowest BCUT2D eigenvalue weighted by atomic mass is 10.1. The van der Waals surface area contributed by atoms with E-state index in [2.05, 4.69) is 0 Å². The Morgan fingerprint density at radius 2 is 2.12 bits per heavy atom. The van der Waals surface area contributed by atoms with Gasteiger partial charge in [0.25, 0.3) is 0 Å². The van der Waals surface area contributed by atoms with Crippen LogP contribution in [0.3, 0.4) is 0 Å². The summed E-state index contributed by atoms with van der Waals surface area (Å²) in [7, 11) is 1.64. The highest BCUT2D eigenvalue weighted by atomic mass is 16.7. The number of rotatable bonds is 4. The van der Waals surface area contributed by atoms with Gasteiger partial charge in [-0.05, 0) is 17.7 Å². The maximum Gasteiger partial charge on any atom is 0.162 e. The van der Waals surface area contributed by atoms with Crippen LogP contribution in [0.15, 0.2) is 24.3 Å². The molecular formula is C12H16O4. The Balaban J connectivity index is 1.89. The second-order valence-corrected chi connectivity index (χ2v) is 3.76. The van der Waals surface area contributed by atoms with Gasteiger partial charge in [-0.15, -0.1) is 0 Å². The van der Waals surface area contributed by atoms with Gasteiger partial charge in [0.05, 0.1) is 20.3 Å². The topological polar surface area (TPSA) is 47.9 Å². The van der Waals surface area contributed by atoms with Crippen molar-refractivity contribution < 1.29 is 19.3 Å². The largest absolute Gasteiger partial charge is 0.497 e. The van der Waals surface area contributed by atoms with Crippen LogP contribution in [-0.2, 0) is 15.9 Å². The molecule has 0 saturated carbocycles. The normalized spacial score (nSPS) is 24.6. The predicted molar refractivity (Wildman–Crippen MR) is 58.4 cm³/mol. The van der Waals surface area contributed by atoms with E-state index >= 15 is 0 Å². The standard InChI is InChI=1S/C12H16O4/c1-14-10-4-2-9(3-5-10)6-12-15-8-11(7-13)16-12/h2-5,11-13H,6-8H2,1H3. The van der Waals surface area contributed by atoms with Crippen LogP contribution >= 0.6 is 0 Å². The average Bonchev–Trinajstić information content (AvgIpc) is 2.78. The molecule has 2 unspecified atom stereocenters. The van der Waals surface area contributed by atoms with Gasteiger partial charge in [0.15, 0.2) is 6.29 Å². The van der Waals surface area contributed by atoms with E-state index in [1.165, 1.54) is 0 Å². The molecule has 1 aromatic carbocycles. The number of methoxy groups -OCH3 is 1. The molecule has 0 radical (unpaired) electrons. The summed E-state index contributed by atoms with van der Waals surface area (Å²) >= 11 is 0. The molecule has 4 heteroatoms. The summed E-state index contributed by atoms with van der Waals surface area (Å²) < 4.78 is 15.9. The van der Waals surface area contributed by atoms with Gasteiger partial charge in [0.1, 0.15) is 11.9 Å². The van der Waals surface area contributed by atoms with Crippen molar-refractivity contribution in [2.75, 3.05) is 20.3 Å². The minimum Gasteiger partial charge on any atom is -0.497 e. The first-order valence-corrected chi connectivity index (χ1v) is 5.32. The Kier molecular flexibility index (Phi) is 3.77. The summed E-state index contributed by atoms with van der Waals surface area (Å²) in [5, 5.41) is 8.90. The zero-order valence-corrected chi connectivity index (χ0v) is 9.26. The Labute approximate surface area is 94.8 Å². The third kappa shape index (κ3) is 2.72. The number of ether oxygens (including phenoxy) is 3. The summed E-state index contributed by atoms with van der Waals surface area (Å²) in [5.41, 5.74) is 1.13. The highest BCUT2D eigenvalue weighted by molar-refractivity contribution is 5.27. The number of aliphatic hydroxyl groups excluding tert-OH is 1. The number of benzene rings is 1. The fourth-order valence-corrected chi connectivity index (χ4v) is 1.66. The molecule has 4 nitrogen and oxygen atoms in total. The average molecular weight is 224 g/mol. The van der Waals surface area contributed by atoms with Crippen LogP contribution in [-0.4, -0.2) is 37.8 Å². The molecule has 2 atom stereocenters. The van der Waals surface area contributed by atoms with E-state index in [4.69, 9.17) is 19.3 Å². The summed E-state index contributed by atoms with van der Waals surface area (Å²) in [4.78, 5) is 0. The smallest absolute Gasteiger partial charge is 0.162 e. The van der Waals surface area contributed by atoms with Crippen molar-refractivity contribution >= 4 is 0 Å². The summed E-state index contributed by atoms with van der Waals surface area (Å²) in [6, 6.07) is 7.79. The van der Waals surface area contributed by atoms with Crippen molar-refractivity contribution in [2.24, 2.45) is 0 Å². The Morgan fingerprint density at radius 3 is 2.69 bits per heavy atom. The van der Waals surface area contributed by atoms with Gasteiger partial charge in [-0.1, -0.05) is 12.1 Å². The first-order chi connectivity index (χ1) is 7.81. The lowest BCUT2D eigenvalue weighted by Crippen LogP contribution is -2.17. The SMILES string of the molecule is COc1ccc(CC2OCC(CO)O2)cc1. The summed E-state index contributed by atoms with van der Waals surface area (Å²) in [6.07, 6.45) is 0.273. The number of hydrogen-bond donors (Lipinski definition) is 1. The van der Waals surface area contributed by atoms with E-state index in [9.17, 15) is 0 Å². The van der Waals surface area contributed by atoms with Crippen LogP contribution in [0.5, 0.6) is 5.75 Å². The van der Waals surface area contributed by atoms with Crippen LogP contribution in [0.1, 0.15) is 5.56 Å². The predicted octanol–water partition coefficient (Wildman–Crippen LogP) is 0.972. The molecule has 0 aliphatic carbocycles. The van der Waals surface area contributed by atoms with E-state index < -0.39 is 0 Å². The molecule has 1 saturated heterocycles. The first kappa shape index (κ1) is 11.4. The highest BCUT2D eigenvalue weighted by Crippen LogP contribution is 2.18. The van der Waals surface area contributed by atoms with E-state index in [1.54, 1.807) is 7.11 Å². The zero-order valence-electron chi connectivity index (χ0n) is 9.26. The van der Waals surface area contributed by atoms with Crippen LogP contribution in [0, 0.1) is 0 Å². The lowest BCUT2D eigenvalue weighted by molar-refractivity contribution is -0.0632. The molecule has 0 aromatic heterocycles. The summed E-state index contributed by atoms with van der Waals surface area (Å²) in [5.74, 6) is 0.838. The summed E-state index contributed by atoms with van der Waals surface area (Å²) in [6.45, 7) is 0.483. The quantitative estimate of drug-likeness (QED) is 0.828. The van der Waals surface area contributed by atoms with E-state index in [0.717, 1.165) is 11.3 Å². The van der Waals surface area contributed by atoms with Crippen LogP contribution in [0.2, 0.25) is 0 Å². The van der Waals surface area contributed by atoms with Crippen molar-refractivity contribution in [1.82, 2.24) is 0 Å². The molecule has 1 N–H and O–H groups in total. The van der Waals surface area contributed by atoms with Gasteiger partial charge in [0, 0.05) is 6.42 Å². The molecule has 1 fully saturated rings. The van der Waals surface area contributed by atoms with Crippen molar-refractivity contribution in [3.05, 3.63) is 29.8 Å².